The maximum atomic E-state index is 13.8. The molecule has 1 aromatic carbocycles. The van der Waals surface area contributed by atoms with Crippen LogP contribution in [0.1, 0.15) is 0 Å². The molecule has 18 heavy (non-hydrogen) atoms. The number of carbonyl (C=O) groups excluding carboxylic acids is 1. The molecule has 0 N–H and O–H groups in total. The Balaban J connectivity index is 1.95. The Morgan fingerprint density at radius 2 is 2.39 bits per heavy atom. The zero-order valence-electron chi connectivity index (χ0n) is 9.18. The first kappa shape index (κ1) is 11.6. The maximum Gasteiger partial charge on any atom is 0.201 e. The molecule has 1 fully saturated rings. The number of hydrogen-bond donors (Lipinski definition) is 0. The zero-order valence-corrected chi connectivity index (χ0v) is 10.00. The number of rotatable bonds is 2. The van der Waals surface area contributed by atoms with Crippen molar-refractivity contribution in [1.82, 2.24) is 4.98 Å². The second-order valence-electron chi connectivity index (χ2n) is 3.89. The number of aromatic nitrogens is 1. The van der Waals surface area contributed by atoms with Crippen molar-refractivity contribution in [3.05, 3.63) is 17.9 Å². The lowest BCUT2D eigenvalue weighted by Gasteiger charge is -2.11. The van der Waals surface area contributed by atoms with E-state index < -0.39 is 11.9 Å². The lowest BCUT2D eigenvalue weighted by atomic mass is 10.2. The molecule has 90 valence electrons. The molecule has 7 heteroatoms. The summed E-state index contributed by atoms with van der Waals surface area (Å²) in [5.74, 6) is -0.721. The van der Waals surface area contributed by atoms with Gasteiger partial charge in [-0.25, -0.2) is 4.39 Å². The van der Waals surface area contributed by atoms with Gasteiger partial charge in [0.2, 0.25) is 5.78 Å². The molecule has 0 spiro atoms. The number of nitrogens with zero attached hydrogens (tertiary/aromatic N) is 1. The summed E-state index contributed by atoms with van der Waals surface area (Å²) in [6, 6.07) is 2.75. The minimum absolute atomic E-state index is 0.0159. The number of ketones is 1. The van der Waals surface area contributed by atoms with Gasteiger partial charge in [0.1, 0.15) is 6.61 Å². The van der Waals surface area contributed by atoms with Crippen molar-refractivity contribution < 1.29 is 18.7 Å². The van der Waals surface area contributed by atoms with Gasteiger partial charge >= 0.3 is 0 Å². The van der Waals surface area contributed by atoms with Gasteiger partial charge in [0.05, 0.1) is 16.8 Å². The number of ether oxygens (including phenoxy) is 2. The third-order valence-corrected chi connectivity index (χ3v) is 3.45. The highest BCUT2D eigenvalue weighted by atomic mass is 32.1. The van der Waals surface area contributed by atoms with Crippen LogP contribution in [0.2, 0.25) is 0 Å². The second-order valence-corrected chi connectivity index (χ2v) is 4.95. The van der Waals surface area contributed by atoms with E-state index >= 15 is 0 Å². The number of benzene rings is 1. The van der Waals surface area contributed by atoms with Crippen molar-refractivity contribution in [2.45, 2.75) is 6.10 Å². The molecule has 1 aliphatic rings. The monoisotopic (exact) mass is 263 g/mol. The number of fused-ring (bicyclic) bond motifs is 1. The van der Waals surface area contributed by atoms with Crippen molar-refractivity contribution in [2.75, 3.05) is 13.2 Å². The van der Waals surface area contributed by atoms with Crippen LogP contribution in [0.3, 0.4) is 0 Å². The van der Waals surface area contributed by atoms with Crippen LogP contribution < -0.4 is 9.64 Å². The molecule has 1 unspecified atom stereocenters. The largest absolute Gasteiger partial charge is 0.477 e. The SMILES string of the molecule is [B]c1nc2cc(F)c(OC3COCC3=O)cc2s1. The summed E-state index contributed by atoms with van der Waals surface area (Å²) in [5.41, 5.74) is 0.483. The molecule has 0 aliphatic carbocycles. The molecule has 4 nitrogen and oxygen atoms in total. The first-order valence-electron chi connectivity index (χ1n) is 5.26. The standard InChI is InChI=1S/C11H7BFNO3S/c12-11-14-6-1-5(13)8(2-10(6)18-11)17-9-4-16-3-7(9)15/h1-2,9H,3-4H2. The summed E-state index contributed by atoms with van der Waals surface area (Å²) < 4.78 is 24.7. The summed E-state index contributed by atoms with van der Waals surface area (Å²) >= 11 is 1.24. The predicted octanol–water partition coefficient (Wildman–Crippen LogP) is 0.576. The van der Waals surface area contributed by atoms with Crippen LogP contribution in [0, 0.1) is 5.82 Å². The fraction of sp³-hybridized carbons (Fsp3) is 0.273. The lowest BCUT2D eigenvalue weighted by molar-refractivity contribution is -0.122. The number of hydrogen-bond acceptors (Lipinski definition) is 5. The average Bonchev–Trinajstić information content (AvgIpc) is 2.85. The maximum absolute atomic E-state index is 13.8. The molecule has 1 aromatic heterocycles. The van der Waals surface area contributed by atoms with Crippen LogP contribution in [0.15, 0.2) is 12.1 Å². The first-order chi connectivity index (χ1) is 8.63. The molecule has 2 heterocycles. The molecule has 2 radical (unpaired) electrons. The zero-order chi connectivity index (χ0) is 12.7. The van der Waals surface area contributed by atoms with E-state index in [0.717, 1.165) is 4.70 Å². The van der Waals surface area contributed by atoms with Gasteiger partial charge in [0, 0.05) is 17.0 Å². The number of thiazole rings is 1. The summed E-state index contributed by atoms with van der Waals surface area (Å²) in [4.78, 5) is 15.7. The van der Waals surface area contributed by atoms with Gasteiger partial charge in [-0.3, -0.25) is 9.78 Å². The van der Waals surface area contributed by atoms with Gasteiger partial charge < -0.3 is 9.47 Å². The highest BCUT2D eigenvalue weighted by Crippen LogP contribution is 2.27. The van der Waals surface area contributed by atoms with Crippen LogP contribution >= 0.6 is 11.3 Å². The molecule has 2 aromatic rings. The Morgan fingerprint density at radius 3 is 3.11 bits per heavy atom. The molecule has 1 aliphatic heterocycles. The van der Waals surface area contributed by atoms with Crippen LogP contribution in [0.4, 0.5) is 4.39 Å². The van der Waals surface area contributed by atoms with Gasteiger partial charge in [-0.1, -0.05) is 0 Å². The van der Waals surface area contributed by atoms with Crippen LogP contribution in [0.5, 0.6) is 5.75 Å². The van der Waals surface area contributed by atoms with Crippen LogP contribution in [-0.2, 0) is 9.53 Å². The minimum Gasteiger partial charge on any atom is -0.477 e. The Hall–Kier alpha value is -1.47. The molecular weight excluding hydrogens is 256 g/mol. The number of carbonyl (C=O) groups is 1. The first-order valence-corrected chi connectivity index (χ1v) is 6.08. The summed E-state index contributed by atoms with van der Waals surface area (Å²) in [7, 11) is 5.55. The Bertz CT molecular complexity index is 630. The Morgan fingerprint density at radius 1 is 1.56 bits per heavy atom. The molecule has 1 atom stereocenters. The van der Waals surface area contributed by atoms with E-state index in [0.29, 0.717) is 10.4 Å². The van der Waals surface area contributed by atoms with Crippen molar-refractivity contribution in [1.29, 1.82) is 0 Å². The molecule has 3 rings (SSSR count). The van der Waals surface area contributed by atoms with E-state index in [9.17, 15) is 9.18 Å². The highest BCUT2D eigenvalue weighted by Gasteiger charge is 2.28. The smallest absolute Gasteiger partial charge is 0.201 e. The summed E-state index contributed by atoms with van der Waals surface area (Å²) in [5, 5.41) is 0. The second kappa shape index (κ2) is 4.33. The highest BCUT2D eigenvalue weighted by molar-refractivity contribution is 7.25. The van der Waals surface area contributed by atoms with E-state index in [1.807, 2.05) is 0 Å². The van der Waals surface area contributed by atoms with Gasteiger partial charge in [0.15, 0.2) is 25.5 Å². The fourth-order valence-corrected chi connectivity index (χ4v) is 2.49. The third kappa shape index (κ3) is 1.99. The summed E-state index contributed by atoms with van der Waals surface area (Å²) in [6.07, 6.45) is -0.734. The lowest BCUT2D eigenvalue weighted by Crippen LogP contribution is -2.25. The van der Waals surface area contributed by atoms with Gasteiger partial charge in [-0.05, 0) is 0 Å². The summed E-state index contributed by atoms with van der Waals surface area (Å²) in [6.45, 7) is 0.170. The van der Waals surface area contributed by atoms with Crippen molar-refractivity contribution in [2.24, 2.45) is 0 Å². The number of Topliss-reactive ketones (excluding diaryl/α,β-unsaturated/α-hetero) is 1. The van der Waals surface area contributed by atoms with Gasteiger partial charge in [0.25, 0.3) is 0 Å². The van der Waals surface area contributed by atoms with Gasteiger partial charge in [-0.2, -0.15) is 0 Å². The van der Waals surface area contributed by atoms with Crippen LogP contribution in [-0.4, -0.2) is 37.9 Å². The van der Waals surface area contributed by atoms with Crippen LogP contribution in [0.25, 0.3) is 10.2 Å². The number of halogens is 1. The molecule has 0 saturated carbocycles. The Kier molecular flexibility index (Phi) is 2.79. The predicted molar refractivity (Wildman–Crippen MR) is 65.2 cm³/mol. The van der Waals surface area contributed by atoms with E-state index in [4.69, 9.17) is 17.3 Å². The van der Waals surface area contributed by atoms with E-state index in [2.05, 4.69) is 4.98 Å². The van der Waals surface area contributed by atoms with Gasteiger partial charge in [-0.15, -0.1) is 11.3 Å². The van der Waals surface area contributed by atoms with E-state index in [-0.39, 0.29) is 24.7 Å². The van der Waals surface area contributed by atoms with Crippen molar-refractivity contribution in [3.8, 4) is 5.75 Å². The topological polar surface area (TPSA) is 48.4 Å². The van der Waals surface area contributed by atoms with Crippen molar-refractivity contribution in [3.63, 3.8) is 0 Å². The molecular formula is C11H7BFNO3S. The normalized spacial score (nSPS) is 19.6. The van der Waals surface area contributed by atoms with E-state index in [1.165, 1.54) is 23.5 Å². The average molecular weight is 263 g/mol. The third-order valence-electron chi connectivity index (χ3n) is 2.60. The molecule has 1 saturated heterocycles. The quantitative estimate of drug-likeness (QED) is 0.743. The Labute approximate surface area is 107 Å². The fourth-order valence-electron chi connectivity index (χ4n) is 1.74. The molecule has 0 bridgehead atoms. The van der Waals surface area contributed by atoms with Crippen molar-refractivity contribution >= 4 is 40.1 Å². The van der Waals surface area contributed by atoms with E-state index in [1.54, 1.807) is 0 Å². The minimum atomic E-state index is -0.734. The molecule has 0 amide bonds.